The zero-order valence-corrected chi connectivity index (χ0v) is 16.7. The van der Waals surface area contributed by atoms with Gasteiger partial charge in [0.2, 0.25) is 5.91 Å². The lowest BCUT2D eigenvalue weighted by molar-refractivity contribution is -0.128. The van der Waals surface area contributed by atoms with Crippen LogP contribution in [0.1, 0.15) is 42.5 Å². The fourth-order valence-electron chi connectivity index (χ4n) is 2.89. The van der Waals surface area contributed by atoms with Crippen LogP contribution in [0.2, 0.25) is 0 Å². The van der Waals surface area contributed by atoms with Crippen molar-refractivity contribution in [2.75, 3.05) is 18.8 Å². The lowest BCUT2D eigenvalue weighted by atomic mass is 10.2. The number of nitrogens with zero attached hydrogens (tertiary/aromatic N) is 2. The smallest absolute Gasteiger partial charge is 0.259 e. The molecule has 0 aromatic carbocycles. The van der Waals surface area contributed by atoms with E-state index in [-0.39, 0.29) is 11.5 Å². The highest BCUT2D eigenvalue weighted by molar-refractivity contribution is 7.99. The molecule has 2 aromatic rings. The van der Waals surface area contributed by atoms with Gasteiger partial charge in [-0.3, -0.25) is 9.59 Å². The second-order valence-electron chi connectivity index (χ2n) is 6.75. The van der Waals surface area contributed by atoms with Crippen LogP contribution in [0.3, 0.4) is 0 Å². The summed E-state index contributed by atoms with van der Waals surface area (Å²) in [6.45, 7) is 7.82. The number of carbonyl (C=O) groups excluding carboxylic acids is 1. The molecule has 1 aliphatic rings. The highest BCUT2D eigenvalue weighted by Gasteiger charge is 2.26. The standard InChI is InChI=1S/C18H25N3O2S2/c1-4-7-21(8-13-5-6-13)15(22)10-24-9-14-19-17(23)16-11(2)12(3)25-18(16)20-14/h13H,4-10H2,1-3H3,(H,19,20,23). The van der Waals surface area contributed by atoms with Crippen molar-refractivity contribution in [3.63, 3.8) is 0 Å². The van der Waals surface area contributed by atoms with Gasteiger partial charge in [0.15, 0.2) is 0 Å². The fourth-order valence-corrected chi connectivity index (χ4v) is 4.73. The summed E-state index contributed by atoms with van der Waals surface area (Å²) < 4.78 is 0. The Morgan fingerprint density at radius 2 is 2.16 bits per heavy atom. The lowest BCUT2D eigenvalue weighted by Gasteiger charge is -2.21. The van der Waals surface area contributed by atoms with Crippen LogP contribution in [0.25, 0.3) is 10.2 Å². The van der Waals surface area contributed by atoms with Crippen molar-refractivity contribution in [2.45, 2.75) is 45.8 Å². The van der Waals surface area contributed by atoms with Gasteiger partial charge in [-0.1, -0.05) is 6.92 Å². The number of rotatable bonds is 8. The van der Waals surface area contributed by atoms with Crippen LogP contribution in [0.4, 0.5) is 0 Å². The number of hydrogen-bond acceptors (Lipinski definition) is 5. The van der Waals surface area contributed by atoms with Gasteiger partial charge in [0, 0.05) is 18.0 Å². The second kappa shape index (κ2) is 7.91. The number of carbonyl (C=O) groups is 1. The maximum absolute atomic E-state index is 12.4. The van der Waals surface area contributed by atoms with Crippen molar-refractivity contribution >= 4 is 39.2 Å². The summed E-state index contributed by atoms with van der Waals surface area (Å²) in [4.78, 5) is 36.1. The first-order valence-electron chi connectivity index (χ1n) is 8.84. The molecule has 0 aliphatic heterocycles. The molecule has 136 valence electrons. The molecule has 1 amide bonds. The van der Waals surface area contributed by atoms with Gasteiger partial charge in [0.05, 0.1) is 16.9 Å². The number of amides is 1. The Morgan fingerprint density at radius 1 is 1.40 bits per heavy atom. The molecule has 1 fully saturated rings. The number of thiophene rings is 1. The number of fused-ring (bicyclic) bond motifs is 1. The molecule has 0 atom stereocenters. The molecule has 2 heterocycles. The van der Waals surface area contributed by atoms with Crippen molar-refractivity contribution in [3.8, 4) is 0 Å². The molecule has 0 bridgehead atoms. The monoisotopic (exact) mass is 379 g/mol. The first-order valence-corrected chi connectivity index (χ1v) is 10.8. The summed E-state index contributed by atoms with van der Waals surface area (Å²) in [6.07, 6.45) is 3.50. The van der Waals surface area contributed by atoms with Crippen LogP contribution >= 0.6 is 23.1 Å². The third kappa shape index (κ3) is 4.44. The molecule has 2 aromatic heterocycles. The molecule has 3 rings (SSSR count). The van der Waals surface area contributed by atoms with E-state index in [0.717, 1.165) is 34.8 Å². The van der Waals surface area contributed by atoms with Crippen molar-refractivity contribution in [1.29, 1.82) is 0 Å². The Morgan fingerprint density at radius 3 is 2.84 bits per heavy atom. The molecule has 0 radical (unpaired) electrons. The van der Waals surface area contributed by atoms with E-state index in [1.54, 1.807) is 11.3 Å². The van der Waals surface area contributed by atoms with E-state index in [0.29, 0.717) is 28.6 Å². The van der Waals surface area contributed by atoms with Crippen molar-refractivity contribution in [1.82, 2.24) is 14.9 Å². The van der Waals surface area contributed by atoms with Gasteiger partial charge in [0.1, 0.15) is 10.7 Å². The van der Waals surface area contributed by atoms with Gasteiger partial charge in [-0.25, -0.2) is 4.98 Å². The van der Waals surface area contributed by atoms with Crippen LogP contribution in [0, 0.1) is 19.8 Å². The highest BCUT2D eigenvalue weighted by atomic mass is 32.2. The summed E-state index contributed by atoms with van der Waals surface area (Å²) in [5, 5.41) is 0.700. The quantitative estimate of drug-likeness (QED) is 0.762. The number of aromatic amines is 1. The average molecular weight is 380 g/mol. The first kappa shape index (κ1) is 18.5. The first-order chi connectivity index (χ1) is 12.0. The number of H-pyrrole nitrogens is 1. The van der Waals surface area contributed by atoms with Gasteiger partial charge < -0.3 is 9.88 Å². The number of thioether (sulfide) groups is 1. The summed E-state index contributed by atoms with van der Waals surface area (Å²) >= 11 is 3.08. The zero-order chi connectivity index (χ0) is 18.0. The minimum absolute atomic E-state index is 0.0740. The lowest BCUT2D eigenvalue weighted by Crippen LogP contribution is -2.35. The maximum atomic E-state index is 12.4. The zero-order valence-electron chi connectivity index (χ0n) is 15.1. The Bertz CT molecular complexity index is 824. The second-order valence-corrected chi connectivity index (χ2v) is 8.94. The molecule has 5 nitrogen and oxygen atoms in total. The van der Waals surface area contributed by atoms with Crippen molar-refractivity contribution in [3.05, 3.63) is 26.6 Å². The summed E-state index contributed by atoms with van der Waals surface area (Å²) in [6, 6.07) is 0. The van der Waals surface area contributed by atoms with Crippen molar-refractivity contribution < 1.29 is 4.79 Å². The predicted octanol–water partition coefficient (Wildman–Crippen LogP) is 3.48. The van der Waals surface area contributed by atoms with Crippen LogP contribution in [-0.4, -0.2) is 39.6 Å². The van der Waals surface area contributed by atoms with E-state index in [2.05, 4.69) is 16.9 Å². The number of hydrogen-bond donors (Lipinski definition) is 1. The Hall–Kier alpha value is -1.34. The number of aryl methyl sites for hydroxylation is 2. The summed E-state index contributed by atoms with van der Waals surface area (Å²) in [5.41, 5.74) is 0.938. The molecular formula is C18H25N3O2S2. The van der Waals surface area contributed by atoms with Crippen LogP contribution < -0.4 is 5.56 Å². The normalized spacial score (nSPS) is 14.2. The molecule has 25 heavy (non-hydrogen) atoms. The summed E-state index contributed by atoms with van der Waals surface area (Å²) in [5.74, 6) is 2.56. The molecule has 0 saturated heterocycles. The van der Waals surface area contributed by atoms with Crippen LogP contribution in [0.15, 0.2) is 4.79 Å². The van der Waals surface area contributed by atoms with E-state index >= 15 is 0 Å². The SMILES string of the molecule is CCCN(CC1CC1)C(=O)CSCc1nc2sc(C)c(C)c2c(=O)[nH]1. The Kier molecular flexibility index (Phi) is 5.84. The van der Waals surface area contributed by atoms with E-state index in [9.17, 15) is 9.59 Å². The van der Waals surface area contributed by atoms with E-state index < -0.39 is 0 Å². The molecule has 1 N–H and O–H groups in total. The molecule has 0 unspecified atom stereocenters. The topological polar surface area (TPSA) is 66.1 Å². The van der Waals surface area contributed by atoms with Crippen molar-refractivity contribution in [2.24, 2.45) is 5.92 Å². The third-order valence-corrected chi connectivity index (χ3v) is 6.60. The van der Waals surface area contributed by atoms with Gasteiger partial charge in [0.25, 0.3) is 5.56 Å². The van der Waals surface area contributed by atoms with Gasteiger partial charge >= 0.3 is 0 Å². The van der Waals surface area contributed by atoms with E-state index in [1.807, 2.05) is 18.7 Å². The number of nitrogens with one attached hydrogen (secondary N) is 1. The van der Waals surface area contributed by atoms with Crippen LogP contribution in [0.5, 0.6) is 0 Å². The highest BCUT2D eigenvalue weighted by Crippen LogP contribution is 2.30. The predicted molar refractivity (Wildman–Crippen MR) is 105 cm³/mol. The van der Waals surface area contributed by atoms with E-state index in [1.165, 1.54) is 24.6 Å². The van der Waals surface area contributed by atoms with Gasteiger partial charge in [-0.05, 0) is 44.6 Å². The molecule has 1 aliphatic carbocycles. The molecular weight excluding hydrogens is 354 g/mol. The Labute approximate surface area is 156 Å². The van der Waals surface area contributed by atoms with Gasteiger partial charge in [-0.2, -0.15) is 0 Å². The summed E-state index contributed by atoms with van der Waals surface area (Å²) in [7, 11) is 0. The maximum Gasteiger partial charge on any atom is 0.259 e. The fraction of sp³-hybridized carbons (Fsp3) is 0.611. The van der Waals surface area contributed by atoms with Gasteiger partial charge in [-0.15, -0.1) is 23.1 Å². The molecule has 0 spiro atoms. The molecule has 7 heteroatoms. The van der Waals surface area contributed by atoms with E-state index in [4.69, 9.17) is 0 Å². The average Bonchev–Trinajstić information content (AvgIpc) is 3.32. The largest absolute Gasteiger partial charge is 0.342 e. The molecule has 1 saturated carbocycles. The number of aromatic nitrogens is 2. The minimum Gasteiger partial charge on any atom is -0.342 e. The Balaban J connectivity index is 1.60. The van der Waals surface area contributed by atoms with Crippen LogP contribution in [-0.2, 0) is 10.5 Å². The minimum atomic E-state index is -0.0740. The third-order valence-electron chi connectivity index (χ3n) is 4.57.